The molecule has 0 aliphatic heterocycles. The maximum atomic E-state index is 5.57. The fourth-order valence-electron chi connectivity index (χ4n) is 3.05. The van der Waals surface area contributed by atoms with Gasteiger partial charge in [0.1, 0.15) is 17.3 Å². The van der Waals surface area contributed by atoms with Crippen molar-refractivity contribution in [2.24, 2.45) is 0 Å². The Morgan fingerprint density at radius 3 is 2.56 bits per heavy atom. The minimum absolute atomic E-state index is 0.695. The number of fused-ring (bicyclic) bond motifs is 1. The van der Waals surface area contributed by atoms with E-state index >= 15 is 0 Å². The first-order valence-electron chi connectivity index (χ1n) is 8.45. The van der Waals surface area contributed by atoms with E-state index in [1.165, 1.54) is 5.56 Å². The van der Waals surface area contributed by atoms with Crippen LogP contribution < -0.4 is 10.1 Å². The largest absolute Gasteiger partial charge is 0.496 e. The molecule has 1 N–H and O–H groups in total. The summed E-state index contributed by atoms with van der Waals surface area (Å²) in [7, 11) is 1.68. The first kappa shape index (κ1) is 18.1. The molecule has 0 fully saturated rings. The van der Waals surface area contributed by atoms with Crippen molar-refractivity contribution in [2.75, 3.05) is 12.4 Å². The first-order valence-corrected chi connectivity index (χ1v) is 10.0. The maximum absolute atomic E-state index is 5.57. The monoisotopic (exact) mass is 485 g/mol. The number of halogens is 2. The lowest BCUT2D eigenvalue weighted by Gasteiger charge is -2.11. The molecule has 4 aromatic rings. The number of aromatic nitrogens is 2. The summed E-state index contributed by atoms with van der Waals surface area (Å²) in [5.74, 6) is 1.71. The molecule has 0 bridgehead atoms. The van der Waals surface area contributed by atoms with E-state index in [0.29, 0.717) is 6.54 Å². The van der Waals surface area contributed by atoms with Crippen LogP contribution in [0.1, 0.15) is 5.56 Å². The second-order valence-electron chi connectivity index (χ2n) is 6.05. The van der Waals surface area contributed by atoms with Gasteiger partial charge in [0.15, 0.2) is 5.65 Å². The molecule has 0 aliphatic rings. The van der Waals surface area contributed by atoms with Crippen LogP contribution in [0, 0.1) is 0 Å². The molecule has 0 atom stereocenters. The number of methoxy groups -OCH3 is 1. The lowest BCUT2D eigenvalue weighted by atomic mass is 10.1. The number of imidazole rings is 1. The Kier molecular flexibility index (Phi) is 5.18. The van der Waals surface area contributed by atoms with Gasteiger partial charge < -0.3 is 10.1 Å². The predicted molar refractivity (Wildman–Crippen MR) is 116 cm³/mol. The highest BCUT2D eigenvalue weighted by molar-refractivity contribution is 9.11. The lowest BCUT2D eigenvalue weighted by molar-refractivity contribution is 0.416. The minimum Gasteiger partial charge on any atom is -0.496 e. The van der Waals surface area contributed by atoms with Gasteiger partial charge in [-0.25, -0.2) is 4.98 Å². The maximum Gasteiger partial charge on any atom is 0.153 e. The molecule has 4 rings (SSSR count). The van der Waals surface area contributed by atoms with E-state index < -0.39 is 0 Å². The van der Waals surface area contributed by atoms with Gasteiger partial charge >= 0.3 is 0 Å². The van der Waals surface area contributed by atoms with Crippen LogP contribution in [-0.4, -0.2) is 16.5 Å². The van der Waals surface area contributed by atoms with Crippen LogP contribution in [-0.2, 0) is 6.54 Å². The zero-order valence-electron chi connectivity index (χ0n) is 14.6. The smallest absolute Gasteiger partial charge is 0.153 e. The number of ether oxygens (including phenoxy) is 1. The number of rotatable bonds is 5. The van der Waals surface area contributed by atoms with Crippen molar-refractivity contribution in [2.45, 2.75) is 6.54 Å². The first-order chi connectivity index (χ1) is 13.2. The zero-order valence-corrected chi connectivity index (χ0v) is 17.8. The van der Waals surface area contributed by atoms with E-state index in [0.717, 1.165) is 37.4 Å². The normalized spacial score (nSPS) is 10.9. The standard InChI is InChI=1S/C21H17Br2N3O/c1-27-18-10-6-5-9-16(18)19-21(24-12-14-7-3-2-4-8-14)26-13-15(22)11-17(23)20(26)25-19/h2-11,13,24H,12H2,1H3. The quantitative estimate of drug-likeness (QED) is 0.367. The van der Waals surface area contributed by atoms with Gasteiger partial charge in [0.05, 0.1) is 11.6 Å². The van der Waals surface area contributed by atoms with E-state index in [-0.39, 0.29) is 0 Å². The molecule has 2 aromatic heterocycles. The average Bonchev–Trinajstić information content (AvgIpc) is 3.05. The van der Waals surface area contributed by atoms with Crippen LogP contribution in [0.25, 0.3) is 16.9 Å². The molecule has 0 unspecified atom stereocenters. The van der Waals surface area contributed by atoms with E-state index in [1.54, 1.807) is 7.11 Å². The average molecular weight is 487 g/mol. The number of hydrogen-bond donors (Lipinski definition) is 1. The fraction of sp³-hybridized carbons (Fsp3) is 0.0952. The van der Waals surface area contributed by atoms with Crippen LogP contribution in [0.3, 0.4) is 0 Å². The van der Waals surface area contributed by atoms with Crippen molar-refractivity contribution in [3.63, 3.8) is 0 Å². The molecule has 0 spiro atoms. The Labute approximate surface area is 174 Å². The summed E-state index contributed by atoms with van der Waals surface area (Å²) in [6, 6.07) is 20.2. The molecule has 0 radical (unpaired) electrons. The molecule has 0 saturated carbocycles. The molecule has 136 valence electrons. The molecule has 2 heterocycles. The molecule has 2 aromatic carbocycles. The Morgan fingerprint density at radius 1 is 1.04 bits per heavy atom. The number of nitrogens with one attached hydrogen (secondary N) is 1. The molecule has 0 amide bonds. The molecule has 27 heavy (non-hydrogen) atoms. The summed E-state index contributed by atoms with van der Waals surface area (Å²) in [6.45, 7) is 0.695. The van der Waals surface area contributed by atoms with Crippen molar-refractivity contribution in [1.29, 1.82) is 0 Å². The molecule has 0 aliphatic carbocycles. The lowest BCUT2D eigenvalue weighted by Crippen LogP contribution is -2.03. The summed E-state index contributed by atoms with van der Waals surface area (Å²) < 4.78 is 9.51. The Balaban J connectivity index is 1.88. The van der Waals surface area contributed by atoms with E-state index in [9.17, 15) is 0 Å². The molecular formula is C21H17Br2N3O. The fourth-order valence-corrected chi connectivity index (χ4v) is 4.32. The van der Waals surface area contributed by atoms with Crippen molar-refractivity contribution in [3.05, 3.63) is 81.4 Å². The predicted octanol–water partition coefficient (Wildman–Crippen LogP) is 6.15. The molecule has 6 heteroatoms. The summed E-state index contributed by atoms with van der Waals surface area (Å²) in [5.41, 5.74) is 3.84. The van der Waals surface area contributed by atoms with E-state index in [2.05, 4.69) is 53.7 Å². The van der Waals surface area contributed by atoms with Gasteiger partial charge in [-0.2, -0.15) is 0 Å². The highest BCUT2D eigenvalue weighted by Gasteiger charge is 2.19. The number of para-hydroxylation sites is 1. The van der Waals surface area contributed by atoms with Gasteiger partial charge in [-0.1, -0.05) is 42.5 Å². The van der Waals surface area contributed by atoms with Gasteiger partial charge in [0, 0.05) is 22.8 Å². The zero-order chi connectivity index (χ0) is 18.8. The number of hydrogen-bond acceptors (Lipinski definition) is 3. The third-order valence-corrected chi connectivity index (χ3v) is 5.32. The third kappa shape index (κ3) is 3.59. The minimum atomic E-state index is 0.695. The van der Waals surface area contributed by atoms with Crippen LogP contribution in [0.4, 0.5) is 5.82 Å². The summed E-state index contributed by atoms with van der Waals surface area (Å²) in [5, 5.41) is 3.56. The van der Waals surface area contributed by atoms with Crippen molar-refractivity contribution in [1.82, 2.24) is 9.38 Å². The molecule has 0 saturated heterocycles. The Morgan fingerprint density at radius 2 is 1.78 bits per heavy atom. The van der Waals surface area contributed by atoms with Crippen molar-refractivity contribution >= 4 is 43.3 Å². The highest BCUT2D eigenvalue weighted by Crippen LogP contribution is 2.37. The van der Waals surface area contributed by atoms with Gasteiger partial charge in [0.2, 0.25) is 0 Å². The van der Waals surface area contributed by atoms with Crippen LogP contribution in [0.2, 0.25) is 0 Å². The topological polar surface area (TPSA) is 38.6 Å². The molecular weight excluding hydrogens is 470 g/mol. The van der Waals surface area contributed by atoms with Gasteiger partial charge in [-0.05, 0) is 55.6 Å². The summed E-state index contributed by atoms with van der Waals surface area (Å²) >= 11 is 7.20. The second kappa shape index (κ2) is 7.74. The van der Waals surface area contributed by atoms with Gasteiger partial charge in [-0.3, -0.25) is 4.40 Å². The highest BCUT2D eigenvalue weighted by atomic mass is 79.9. The number of anilines is 1. The Bertz CT molecular complexity index is 1090. The van der Waals surface area contributed by atoms with Crippen LogP contribution >= 0.6 is 31.9 Å². The Hall–Kier alpha value is -2.31. The number of nitrogens with zero attached hydrogens (tertiary/aromatic N) is 2. The SMILES string of the molecule is COc1ccccc1-c1nc2c(Br)cc(Br)cn2c1NCc1ccccc1. The second-order valence-corrected chi connectivity index (χ2v) is 7.82. The summed E-state index contributed by atoms with van der Waals surface area (Å²) in [6.07, 6.45) is 2.01. The van der Waals surface area contributed by atoms with Gasteiger partial charge in [-0.15, -0.1) is 0 Å². The van der Waals surface area contributed by atoms with Crippen molar-refractivity contribution < 1.29 is 4.74 Å². The van der Waals surface area contributed by atoms with Crippen LogP contribution in [0.15, 0.2) is 75.8 Å². The number of pyridine rings is 1. The van der Waals surface area contributed by atoms with Gasteiger partial charge in [0.25, 0.3) is 0 Å². The van der Waals surface area contributed by atoms with Crippen molar-refractivity contribution in [3.8, 4) is 17.0 Å². The summed E-state index contributed by atoms with van der Waals surface area (Å²) in [4.78, 5) is 4.90. The third-order valence-electron chi connectivity index (χ3n) is 4.31. The molecule has 4 nitrogen and oxygen atoms in total. The van der Waals surface area contributed by atoms with Crippen LogP contribution in [0.5, 0.6) is 5.75 Å². The van der Waals surface area contributed by atoms with E-state index in [4.69, 9.17) is 9.72 Å². The van der Waals surface area contributed by atoms with E-state index in [1.807, 2.05) is 54.7 Å². The number of benzene rings is 2.